The Balaban J connectivity index is 1.52. The predicted octanol–water partition coefficient (Wildman–Crippen LogP) is 4.41. The summed E-state index contributed by atoms with van der Waals surface area (Å²) < 4.78 is 42.4. The summed E-state index contributed by atoms with van der Waals surface area (Å²) in [5.41, 5.74) is 0.973. The summed E-state index contributed by atoms with van der Waals surface area (Å²) in [5, 5.41) is 3.19. The summed E-state index contributed by atoms with van der Waals surface area (Å²) >= 11 is 7.76. The molecular formula is C18H15ClO5S2. The standard InChI is InChI=1S/C18H15ClO5S2/c1-11-2-4-13(5-3-11)26(20,21)23-9-12-8-22-15-6-7-16-17(18(15)24-12)14(19)10-25-16/h2-7,10,12H,8-9H2,1H3. The molecule has 2 heterocycles. The molecule has 0 saturated carbocycles. The second-order valence-electron chi connectivity index (χ2n) is 5.95. The average molecular weight is 411 g/mol. The topological polar surface area (TPSA) is 61.8 Å². The first kappa shape index (κ1) is 17.6. The molecule has 1 aromatic heterocycles. The van der Waals surface area contributed by atoms with Crippen molar-refractivity contribution in [2.45, 2.75) is 17.9 Å². The summed E-state index contributed by atoms with van der Waals surface area (Å²) in [6.07, 6.45) is -0.552. The van der Waals surface area contributed by atoms with E-state index in [0.29, 0.717) is 16.5 Å². The molecule has 0 saturated heterocycles. The molecule has 1 atom stereocenters. The fourth-order valence-electron chi connectivity index (χ4n) is 2.68. The number of rotatable bonds is 4. The minimum absolute atomic E-state index is 0.114. The van der Waals surface area contributed by atoms with Crippen LogP contribution in [-0.2, 0) is 14.3 Å². The van der Waals surface area contributed by atoms with Crippen LogP contribution in [0, 0.1) is 6.92 Å². The summed E-state index contributed by atoms with van der Waals surface area (Å²) in [4.78, 5) is 0.114. The van der Waals surface area contributed by atoms with E-state index in [1.807, 2.05) is 24.4 Å². The van der Waals surface area contributed by atoms with Crippen LogP contribution >= 0.6 is 22.9 Å². The smallest absolute Gasteiger partial charge is 0.297 e. The fourth-order valence-corrected chi connectivity index (χ4v) is 4.81. The Labute approximate surface area is 160 Å². The van der Waals surface area contributed by atoms with Gasteiger partial charge in [0.2, 0.25) is 0 Å². The summed E-state index contributed by atoms with van der Waals surface area (Å²) in [7, 11) is -3.85. The van der Waals surface area contributed by atoms with Crippen molar-refractivity contribution in [3.05, 3.63) is 52.4 Å². The van der Waals surface area contributed by atoms with E-state index in [9.17, 15) is 8.42 Å². The van der Waals surface area contributed by atoms with Gasteiger partial charge in [-0.2, -0.15) is 8.42 Å². The average Bonchev–Trinajstić information content (AvgIpc) is 3.02. The van der Waals surface area contributed by atoms with E-state index >= 15 is 0 Å². The lowest BCUT2D eigenvalue weighted by atomic mass is 10.2. The molecule has 0 aliphatic carbocycles. The number of halogens is 1. The highest BCUT2D eigenvalue weighted by atomic mass is 35.5. The molecule has 136 valence electrons. The molecular weight excluding hydrogens is 396 g/mol. The Hall–Kier alpha value is -1.80. The SMILES string of the molecule is Cc1ccc(S(=O)(=O)OCC2COc3ccc4scc(Cl)c4c3O2)cc1. The normalized spacial score (nSPS) is 16.8. The molecule has 0 bridgehead atoms. The third kappa shape index (κ3) is 3.27. The van der Waals surface area contributed by atoms with Gasteiger partial charge in [-0.15, -0.1) is 11.3 Å². The molecule has 0 N–H and O–H groups in total. The lowest BCUT2D eigenvalue weighted by Crippen LogP contribution is -2.34. The number of aryl methyl sites for hydroxylation is 1. The maximum absolute atomic E-state index is 12.3. The zero-order valence-electron chi connectivity index (χ0n) is 13.8. The first-order valence-electron chi connectivity index (χ1n) is 7.89. The second-order valence-corrected chi connectivity index (χ2v) is 8.89. The lowest BCUT2D eigenvalue weighted by Gasteiger charge is -2.26. The molecule has 1 unspecified atom stereocenters. The lowest BCUT2D eigenvalue weighted by molar-refractivity contribution is 0.0572. The van der Waals surface area contributed by atoms with Gasteiger partial charge in [-0.05, 0) is 31.2 Å². The number of thiophene rings is 1. The van der Waals surface area contributed by atoms with Crippen molar-refractivity contribution in [2.75, 3.05) is 13.2 Å². The van der Waals surface area contributed by atoms with Gasteiger partial charge in [-0.25, -0.2) is 0 Å². The molecule has 0 amide bonds. The minimum Gasteiger partial charge on any atom is -0.486 e. The minimum atomic E-state index is -3.85. The van der Waals surface area contributed by atoms with Gasteiger partial charge in [0.05, 0.1) is 15.3 Å². The first-order valence-corrected chi connectivity index (χ1v) is 10.6. The van der Waals surface area contributed by atoms with Crippen LogP contribution in [0.15, 0.2) is 46.7 Å². The van der Waals surface area contributed by atoms with E-state index in [1.54, 1.807) is 12.1 Å². The Morgan fingerprint density at radius 2 is 2.00 bits per heavy atom. The molecule has 1 aliphatic heterocycles. The van der Waals surface area contributed by atoms with Crippen LogP contribution in [0.5, 0.6) is 11.5 Å². The van der Waals surface area contributed by atoms with Crippen LogP contribution in [0.2, 0.25) is 5.02 Å². The van der Waals surface area contributed by atoms with Crippen molar-refractivity contribution in [3.63, 3.8) is 0 Å². The van der Waals surface area contributed by atoms with Crippen LogP contribution < -0.4 is 9.47 Å². The van der Waals surface area contributed by atoms with Gasteiger partial charge in [0, 0.05) is 10.1 Å². The number of benzene rings is 2. The van der Waals surface area contributed by atoms with Gasteiger partial charge in [0.1, 0.15) is 13.2 Å². The van der Waals surface area contributed by atoms with Gasteiger partial charge in [0.15, 0.2) is 17.6 Å². The second kappa shape index (κ2) is 6.74. The molecule has 8 heteroatoms. The summed E-state index contributed by atoms with van der Waals surface area (Å²) in [6, 6.07) is 10.2. The predicted molar refractivity (Wildman–Crippen MR) is 101 cm³/mol. The van der Waals surface area contributed by atoms with Gasteiger partial charge in [-0.3, -0.25) is 4.18 Å². The van der Waals surface area contributed by atoms with Crippen molar-refractivity contribution >= 4 is 43.1 Å². The summed E-state index contributed by atoms with van der Waals surface area (Å²) in [6.45, 7) is 1.94. The summed E-state index contributed by atoms with van der Waals surface area (Å²) in [5.74, 6) is 1.12. The third-order valence-electron chi connectivity index (χ3n) is 4.04. The largest absolute Gasteiger partial charge is 0.486 e. The highest BCUT2D eigenvalue weighted by Crippen LogP contribution is 2.44. The number of ether oxygens (including phenoxy) is 2. The highest BCUT2D eigenvalue weighted by molar-refractivity contribution is 7.86. The van der Waals surface area contributed by atoms with Gasteiger partial charge in [-0.1, -0.05) is 29.3 Å². The van der Waals surface area contributed by atoms with E-state index in [1.165, 1.54) is 23.5 Å². The molecule has 4 rings (SSSR count). The van der Waals surface area contributed by atoms with Crippen molar-refractivity contribution in [1.29, 1.82) is 0 Å². The van der Waals surface area contributed by atoms with E-state index in [4.69, 9.17) is 25.3 Å². The van der Waals surface area contributed by atoms with Crippen molar-refractivity contribution in [2.24, 2.45) is 0 Å². The fraction of sp³-hybridized carbons (Fsp3) is 0.222. The number of hydrogen-bond acceptors (Lipinski definition) is 6. The Bertz CT molecular complexity index is 1060. The maximum atomic E-state index is 12.3. The molecule has 26 heavy (non-hydrogen) atoms. The quantitative estimate of drug-likeness (QED) is 0.596. The molecule has 3 aromatic rings. The number of hydrogen-bond donors (Lipinski definition) is 0. The first-order chi connectivity index (χ1) is 12.4. The van der Waals surface area contributed by atoms with Gasteiger partial charge in [0.25, 0.3) is 10.1 Å². The molecule has 0 radical (unpaired) electrons. The maximum Gasteiger partial charge on any atom is 0.297 e. The molecule has 0 spiro atoms. The Kier molecular flexibility index (Phi) is 4.56. The van der Waals surface area contributed by atoms with Crippen molar-refractivity contribution in [3.8, 4) is 11.5 Å². The van der Waals surface area contributed by atoms with E-state index in [0.717, 1.165) is 15.6 Å². The number of fused-ring (bicyclic) bond motifs is 3. The van der Waals surface area contributed by atoms with Crippen LogP contribution in [0.25, 0.3) is 10.1 Å². The Morgan fingerprint density at radius 1 is 1.23 bits per heavy atom. The van der Waals surface area contributed by atoms with Crippen molar-refractivity contribution in [1.82, 2.24) is 0 Å². The van der Waals surface area contributed by atoms with Crippen LogP contribution in [-0.4, -0.2) is 27.7 Å². The third-order valence-corrected chi connectivity index (χ3v) is 6.71. The Morgan fingerprint density at radius 3 is 2.77 bits per heavy atom. The molecule has 1 aliphatic rings. The zero-order valence-corrected chi connectivity index (χ0v) is 16.2. The van der Waals surface area contributed by atoms with Crippen LogP contribution in [0.3, 0.4) is 0 Å². The molecule has 2 aromatic carbocycles. The van der Waals surface area contributed by atoms with Crippen molar-refractivity contribution < 1.29 is 22.1 Å². The zero-order chi connectivity index (χ0) is 18.3. The van der Waals surface area contributed by atoms with E-state index < -0.39 is 16.2 Å². The van der Waals surface area contributed by atoms with Crippen LogP contribution in [0.1, 0.15) is 5.56 Å². The monoisotopic (exact) mass is 410 g/mol. The molecule has 5 nitrogen and oxygen atoms in total. The van der Waals surface area contributed by atoms with Gasteiger partial charge >= 0.3 is 0 Å². The highest BCUT2D eigenvalue weighted by Gasteiger charge is 2.27. The van der Waals surface area contributed by atoms with E-state index in [-0.39, 0.29) is 18.1 Å². The van der Waals surface area contributed by atoms with Gasteiger partial charge < -0.3 is 9.47 Å². The molecule has 0 fully saturated rings. The van der Waals surface area contributed by atoms with E-state index in [2.05, 4.69) is 0 Å². The van der Waals surface area contributed by atoms with Crippen LogP contribution in [0.4, 0.5) is 0 Å².